The maximum atomic E-state index is 12.5. The second-order valence-corrected chi connectivity index (χ2v) is 4.28. The zero-order valence-corrected chi connectivity index (χ0v) is 10.3. The average Bonchev–Trinajstić information content (AvgIpc) is 2.26. The first-order valence-corrected chi connectivity index (χ1v) is 5.63. The molecule has 6 heteroatoms. The van der Waals surface area contributed by atoms with Crippen molar-refractivity contribution in [2.45, 2.75) is 6.18 Å². The number of nitrogens with two attached hydrogens (primary N) is 1. The van der Waals surface area contributed by atoms with E-state index in [1.807, 2.05) is 0 Å². The van der Waals surface area contributed by atoms with Crippen molar-refractivity contribution in [3.63, 3.8) is 0 Å². The van der Waals surface area contributed by atoms with Gasteiger partial charge in [0.2, 0.25) is 0 Å². The Balaban J connectivity index is 2.28. The Labute approximate surface area is 112 Å². The summed E-state index contributed by atoms with van der Waals surface area (Å²) in [5.41, 5.74) is 5.16. The zero-order chi connectivity index (χ0) is 14.0. The quantitative estimate of drug-likeness (QED) is 0.810. The molecule has 100 valence electrons. The lowest BCUT2D eigenvalue weighted by atomic mass is 10.2. The lowest BCUT2D eigenvalue weighted by Crippen LogP contribution is -2.04. The number of benzene rings is 2. The molecule has 0 heterocycles. The maximum absolute atomic E-state index is 12.5. The lowest BCUT2D eigenvalue weighted by molar-refractivity contribution is -0.137. The molecular formula is C13H9ClF3NO. The van der Waals surface area contributed by atoms with E-state index < -0.39 is 11.7 Å². The van der Waals surface area contributed by atoms with Gasteiger partial charge in [-0.2, -0.15) is 13.2 Å². The summed E-state index contributed by atoms with van der Waals surface area (Å²) in [5.74, 6) is 0.348. The minimum atomic E-state index is -4.41. The molecule has 0 spiro atoms. The summed E-state index contributed by atoms with van der Waals surface area (Å²) in [5, 5.41) is 0.349. The second kappa shape index (κ2) is 5.01. The molecule has 0 saturated heterocycles. The fraction of sp³-hybridized carbons (Fsp3) is 0.0769. The fourth-order valence-electron chi connectivity index (χ4n) is 1.52. The number of anilines is 1. The van der Waals surface area contributed by atoms with Gasteiger partial charge in [-0.05, 0) is 30.3 Å². The molecule has 2 rings (SSSR count). The molecule has 19 heavy (non-hydrogen) atoms. The maximum Gasteiger partial charge on any atom is 0.416 e. The number of hydrogen-bond donors (Lipinski definition) is 1. The van der Waals surface area contributed by atoms with E-state index in [0.717, 1.165) is 12.1 Å². The van der Waals surface area contributed by atoms with E-state index in [1.165, 1.54) is 30.3 Å². The fourth-order valence-corrected chi connectivity index (χ4v) is 1.75. The van der Waals surface area contributed by atoms with Gasteiger partial charge in [-0.1, -0.05) is 17.7 Å². The van der Waals surface area contributed by atoms with Gasteiger partial charge in [0.15, 0.2) is 0 Å². The van der Waals surface area contributed by atoms with Gasteiger partial charge in [0, 0.05) is 16.8 Å². The summed E-state index contributed by atoms with van der Waals surface area (Å²) >= 11 is 5.78. The Kier molecular flexibility index (Phi) is 3.57. The summed E-state index contributed by atoms with van der Waals surface area (Å²) in [6.07, 6.45) is -4.41. The minimum absolute atomic E-state index is 0.0662. The van der Waals surface area contributed by atoms with E-state index in [1.54, 1.807) is 0 Å². The molecular weight excluding hydrogens is 279 g/mol. The Morgan fingerprint density at radius 1 is 1.00 bits per heavy atom. The molecule has 0 fully saturated rings. The molecule has 0 aliphatic rings. The molecule has 0 saturated carbocycles. The number of ether oxygens (including phenoxy) is 1. The standard InChI is InChI=1S/C13H9ClF3NO/c14-9-5-10(18)7-12(6-9)19-11-3-1-2-8(4-11)13(15,16)17/h1-7H,18H2. The van der Waals surface area contributed by atoms with Crippen molar-refractivity contribution in [2.75, 3.05) is 5.73 Å². The van der Waals surface area contributed by atoms with Crippen LogP contribution in [0.25, 0.3) is 0 Å². The highest BCUT2D eigenvalue weighted by atomic mass is 35.5. The third-order valence-electron chi connectivity index (χ3n) is 2.29. The molecule has 2 nitrogen and oxygen atoms in total. The highest BCUT2D eigenvalue weighted by Crippen LogP contribution is 2.33. The molecule has 0 aliphatic carbocycles. The lowest BCUT2D eigenvalue weighted by Gasteiger charge is -2.10. The number of halogens is 4. The van der Waals surface area contributed by atoms with Crippen LogP contribution in [0.3, 0.4) is 0 Å². The van der Waals surface area contributed by atoms with Crippen LogP contribution in [0, 0.1) is 0 Å². The normalized spacial score (nSPS) is 11.4. The Hall–Kier alpha value is -1.88. The van der Waals surface area contributed by atoms with Gasteiger partial charge in [0.05, 0.1) is 5.56 Å². The van der Waals surface area contributed by atoms with Crippen molar-refractivity contribution in [1.82, 2.24) is 0 Å². The molecule has 0 aromatic heterocycles. The van der Waals surface area contributed by atoms with E-state index in [0.29, 0.717) is 10.7 Å². The molecule has 2 aromatic carbocycles. The summed E-state index contributed by atoms with van der Waals surface area (Å²) < 4.78 is 42.9. The summed E-state index contributed by atoms with van der Waals surface area (Å²) in [6, 6.07) is 9.04. The molecule has 2 N–H and O–H groups in total. The van der Waals surface area contributed by atoms with Crippen LogP contribution in [0.1, 0.15) is 5.56 Å². The van der Waals surface area contributed by atoms with Crippen LogP contribution in [0.15, 0.2) is 42.5 Å². The Morgan fingerprint density at radius 3 is 2.37 bits per heavy atom. The van der Waals surface area contributed by atoms with Gasteiger partial charge in [0.1, 0.15) is 11.5 Å². The number of alkyl halides is 3. The van der Waals surface area contributed by atoms with Crippen LogP contribution in [0.4, 0.5) is 18.9 Å². The smallest absolute Gasteiger partial charge is 0.416 e. The molecule has 2 aromatic rings. The predicted molar refractivity (Wildman–Crippen MR) is 67.4 cm³/mol. The SMILES string of the molecule is Nc1cc(Cl)cc(Oc2cccc(C(F)(F)F)c2)c1. The van der Waals surface area contributed by atoms with E-state index >= 15 is 0 Å². The Morgan fingerprint density at radius 2 is 1.74 bits per heavy atom. The van der Waals surface area contributed by atoms with Crippen LogP contribution in [0.2, 0.25) is 5.02 Å². The largest absolute Gasteiger partial charge is 0.457 e. The van der Waals surface area contributed by atoms with Crippen molar-refractivity contribution in [2.24, 2.45) is 0 Å². The topological polar surface area (TPSA) is 35.2 Å². The first-order valence-electron chi connectivity index (χ1n) is 5.26. The van der Waals surface area contributed by atoms with E-state index in [-0.39, 0.29) is 11.5 Å². The first kappa shape index (κ1) is 13.5. The highest BCUT2D eigenvalue weighted by molar-refractivity contribution is 6.31. The monoisotopic (exact) mass is 287 g/mol. The van der Waals surface area contributed by atoms with Crippen LogP contribution in [-0.4, -0.2) is 0 Å². The van der Waals surface area contributed by atoms with Crippen molar-refractivity contribution in [3.05, 3.63) is 53.1 Å². The van der Waals surface area contributed by atoms with Gasteiger partial charge in [0.25, 0.3) is 0 Å². The summed E-state index contributed by atoms with van der Waals surface area (Å²) in [4.78, 5) is 0. The molecule has 0 unspecified atom stereocenters. The average molecular weight is 288 g/mol. The van der Waals surface area contributed by atoms with Crippen LogP contribution in [-0.2, 0) is 6.18 Å². The van der Waals surface area contributed by atoms with E-state index in [9.17, 15) is 13.2 Å². The van der Waals surface area contributed by atoms with Gasteiger partial charge in [-0.15, -0.1) is 0 Å². The van der Waals surface area contributed by atoms with Crippen molar-refractivity contribution < 1.29 is 17.9 Å². The van der Waals surface area contributed by atoms with E-state index in [4.69, 9.17) is 22.1 Å². The molecule has 0 atom stereocenters. The predicted octanol–water partition coefficient (Wildman–Crippen LogP) is 4.73. The second-order valence-electron chi connectivity index (χ2n) is 3.85. The molecule has 0 aliphatic heterocycles. The number of nitrogen functional groups attached to an aromatic ring is 1. The van der Waals surface area contributed by atoms with Crippen molar-refractivity contribution in [1.29, 1.82) is 0 Å². The third-order valence-corrected chi connectivity index (χ3v) is 2.51. The van der Waals surface area contributed by atoms with Gasteiger partial charge >= 0.3 is 6.18 Å². The molecule has 0 radical (unpaired) electrons. The van der Waals surface area contributed by atoms with Gasteiger partial charge in [-0.25, -0.2) is 0 Å². The number of hydrogen-bond acceptors (Lipinski definition) is 2. The van der Waals surface area contributed by atoms with Crippen molar-refractivity contribution in [3.8, 4) is 11.5 Å². The van der Waals surface area contributed by atoms with Crippen LogP contribution >= 0.6 is 11.6 Å². The summed E-state index contributed by atoms with van der Waals surface area (Å²) in [7, 11) is 0. The highest BCUT2D eigenvalue weighted by Gasteiger charge is 2.30. The van der Waals surface area contributed by atoms with Gasteiger partial charge < -0.3 is 10.5 Å². The molecule has 0 bridgehead atoms. The van der Waals surface area contributed by atoms with Crippen LogP contribution in [0.5, 0.6) is 11.5 Å². The molecule has 0 amide bonds. The number of rotatable bonds is 2. The van der Waals surface area contributed by atoms with E-state index in [2.05, 4.69) is 0 Å². The first-order chi connectivity index (χ1) is 8.84. The van der Waals surface area contributed by atoms with Crippen molar-refractivity contribution >= 4 is 17.3 Å². The Bertz CT molecular complexity index is 578. The third kappa shape index (κ3) is 3.54. The van der Waals surface area contributed by atoms with Gasteiger partial charge in [-0.3, -0.25) is 0 Å². The van der Waals surface area contributed by atoms with Crippen LogP contribution < -0.4 is 10.5 Å². The summed E-state index contributed by atoms with van der Waals surface area (Å²) in [6.45, 7) is 0. The minimum Gasteiger partial charge on any atom is -0.457 e. The zero-order valence-electron chi connectivity index (χ0n) is 9.54.